The van der Waals surface area contributed by atoms with Crippen molar-refractivity contribution >= 4 is 16.5 Å². The molecule has 2 rings (SSSR count). The monoisotopic (exact) mass is 253 g/mol. The first-order chi connectivity index (χ1) is 8.24. The maximum atomic E-state index is 13.6. The van der Waals surface area contributed by atoms with E-state index in [-0.39, 0.29) is 11.6 Å². The van der Waals surface area contributed by atoms with E-state index < -0.39 is 0 Å². The van der Waals surface area contributed by atoms with Crippen LogP contribution in [0.2, 0.25) is 0 Å². The van der Waals surface area contributed by atoms with Gasteiger partial charge in [-0.2, -0.15) is 0 Å². The van der Waals surface area contributed by atoms with E-state index in [9.17, 15) is 4.39 Å². The van der Waals surface area contributed by atoms with Gasteiger partial charge < -0.3 is 4.74 Å². The van der Waals surface area contributed by atoms with E-state index in [1.165, 1.54) is 17.4 Å². The van der Waals surface area contributed by atoms with Crippen molar-refractivity contribution in [3.8, 4) is 17.0 Å². The second-order valence-corrected chi connectivity index (χ2v) is 4.12. The van der Waals surface area contributed by atoms with Gasteiger partial charge in [0.1, 0.15) is 0 Å². The van der Waals surface area contributed by atoms with E-state index in [1.54, 1.807) is 12.1 Å². The van der Waals surface area contributed by atoms with Gasteiger partial charge in [0, 0.05) is 10.9 Å². The molecule has 0 saturated carbocycles. The standard InChI is InChI=1S/C11H12FN3OS/c1-2-16-10-4-3-7(5-8(10)12)9-6-17-11(14-9)15-13/h3-6H,2,13H2,1H3,(H,14,15). The molecule has 6 heteroatoms. The molecule has 3 N–H and O–H groups in total. The van der Waals surface area contributed by atoms with Gasteiger partial charge in [-0.1, -0.05) is 0 Å². The van der Waals surface area contributed by atoms with Gasteiger partial charge in [0.25, 0.3) is 0 Å². The molecule has 0 saturated heterocycles. The topological polar surface area (TPSA) is 60.2 Å². The summed E-state index contributed by atoms with van der Waals surface area (Å²) in [5.74, 6) is 5.10. The van der Waals surface area contributed by atoms with E-state index in [0.29, 0.717) is 23.0 Å². The van der Waals surface area contributed by atoms with Crippen LogP contribution >= 0.6 is 11.3 Å². The van der Waals surface area contributed by atoms with Crippen LogP contribution in [-0.2, 0) is 0 Å². The number of nitrogens with one attached hydrogen (secondary N) is 1. The summed E-state index contributed by atoms with van der Waals surface area (Å²) in [6.45, 7) is 2.25. The number of hydrogen-bond acceptors (Lipinski definition) is 5. The SMILES string of the molecule is CCOc1ccc(-c2csc(NN)n2)cc1F. The van der Waals surface area contributed by atoms with Gasteiger partial charge >= 0.3 is 0 Å². The summed E-state index contributed by atoms with van der Waals surface area (Å²) >= 11 is 1.36. The van der Waals surface area contributed by atoms with Crippen molar-refractivity contribution in [2.24, 2.45) is 5.84 Å². The average molecular weight is 253 g/mol. The molecule has 1 heterocycles. The fourth-order valence-corrected chi connectivity index (χ4v) is 2.04. The minimum Gasteiger partial charge on any atom is -0.491 e. The van der Waals surface area contributed by atoms with Crippen LogP contribution in [0.4, 0.5) is 9.52 Å². The molecular weight excluding hydrogens is 241 g/mol. The number of halogens is 1. The van der Waals surface area contributed by atoms with E-state index in [1.807, 2.05) is 12.3 Å². The quantitative estimate of drug-likeness (QED) is 0.649. The summed E-state index contributed by atoms with van der Waals surface area (Å²) in [4.78, 5) is 4.19. The van der Waals surface area contributed by atoms with E-state index in [4.69, 9.17) is 10.6 Å². The Balaban J connectivity index is 2.30. The van der Waals surface area contributed by atoms with Crippen LogP contribution < -0.4 is 16.0 Å². The molecule has 0 fully saturated rings. The molecule has 0 aliphatic rings. The minimum absolute atomic E-state index is 0.253. The number of anilines is 1. The lowest BCUT2D eigenvalue weighted by Gasteiger charge is -2.05. The van der Waals surface area contributed by atoms with Gasteiger partial charge in [-0.15, -0.1) is 11.3 Å². The summed E-state index contributed by atoms with van der Waals surface area (Å²) in [5.41, 5.74) is 3.84. The molecule has 90 valence electrons. The Kier molecular flexibility index (Phi) is 3.55. The highest BCUT2D eigenvalue weighted by Crippen LogP contribution is 2.28. The molecule has 0 aliphatic carbocycles. The van der Waals surface area contributed by atoms with Crippen LogP contribution in [0.15, 0.2) is 23.6 Å². The number of nitrogen functional groups attached to an aromatic ring is 1. The molecule has 17 heavy (non-hydrogen) atoms. The first-order valence-electron chi connectivity index (χ1n) is 5.09. The Morgan fingerprint density at radius 3 is 2.94 bits per heavy atom. The van der Waals surface area contributed by atoms with Crippen molar-refractivity contribution in [2.45, 2.75) is 6.92 Å². The molecule has 0 aliphatic heterocycles. The molecule has 0 atom stereocenters. The van der Waals surface area contributed by atoms with Gasteiger partial charge in [-0.3, -0.25) is 5.43 Å². The van der Waals surface area contributed by atoms with Gasteiger partial charge in [-0.25, -0.2) is 15.2 Å². The Labute approximate surface area is 102 Å². The number of nitrogens with zero attached hydrogens (tertiary/aromatic N) is 1. The largest absolute Gasteiger partial charge is 0.491 e. The van der Waals surface area contributed by atoms with Crippen molar-refractivity contribution in [1.82, 2.24) is 4.98 Å². The molecule has 4 nitrogen and oxygen atoms in total. The maximum Gasteiger partial charge on any atom is 0.197 e. The zero-order valence-electron chi connectivity index (χ0n) is 9.24. The highest BCUT2D eigenvalue weighted by molar-refractivity contribution is 7.14. The highest BCUT2D eigenvalue weighted by Gasteiger charge is 2.08. The Morgan fingerprint density at radius 1 is 1.53 bits per heavy atom. The third-order valence-corrected chi connectivity index (χ3v) is 2.93. The smallest absolute Gasteiger partial charge is 0.197 e. The summed E-state index contributed by atoms with van der Waals surface area (Å²) in [6.07, 6.45) is 0. The van der Waals surface area contributed by atoms with Gasteiger partial charge in [-0.05, 0) is 25.1 Å². The first kappa shape index (κ1) is 11.8. The third-order valence-electron chi connectivity index (χ3n) is 2.16. The zero-order valence-corrected chi connectivity index (χ0v) is 10.1. The molecule has 0 bridgehead atoms. The maximum absolute atomic E-state index is 13.6. The van der Waals surface area contributed by atoms with Crippen LogP contribution in [-0.4, -0.2) is 11.6 Å². The van der Waals surface area contributed by atoms with Crippen LogP contribution in [0.25, 0.3) is 11.3 Å². The summed E-state index contributed by atoms with van der Waals surface area (Å²) in [7, 11) is 0. The molecule has 0 radical (unpaired) electrons. The van der Waals surface area contributed by atoms with Crippen molar-refractivity contribution in [1.29, 1.82) is 0 Å². The van der Waals surface area contributed by atoms with Crippen molar-refractivity contribution in [2.75, 3.05) is 12.0 Å². The Hall–Kier alpha value is -1.66. The van der Waals surface area contributed by atoms with Gasteiger partial charge in [0.05, 0.1) is 12.3 Å². The van der Waals surface area contributed by atoms with Crippen molar-refractivity contribution < 1.29 is 9.13 Å². The first-order valence-corrected chi connectivity index (χ1v) is 5.97. The number of rotatable bonds is 4. The average Bonchev–Trinajstić information content (AvgIpc) is 2.80. The number of nitrogens with two attached hydrogens (primary N) is 1. The van der Waals surface area contributed by atoms with Crippen molar-refractivity contribution in [3.05, 3.63) is 29.4 Å². The second-order valence-electron chi connectivity index (χ2n) is 3.26. The minimum atomic E-state index is -0.389. The normalized spacial score (nSPS) is 10.3. The number of ether oxygens (including phenoxy) is 1. The van der Waals surface area contributed by atoms with Crippen LogP contribution in [0.3, 0.4) is 0 Å². The molecule has 0 unspecified atom stereocenters. The number of benzene rings is 1. The molecule has 1 aromatic heterocycles. The molecule has 2 aromatic rings. The van der Waals surface area contributed by atoms with Crippen LogP contribution in [0.1, 0.15) is 6.92 Å². The van der Waals surface area contributed by atoms with E-state index in [2.05, 4.69) is 10.4 Å². The number of thiazole rings is 1. The lowest BCUT2D eigenvalue weighted by molar-refractivity contribution is 0.321. The number of hydrazine groups is 1. The zero-order chi connectivity index (χ0) is 12.3. The lowest BCUT2D eigenvalue weighted by atomic mass is 10.1. The fourth-order valence-electron chi connectivity index (χ4n) is 1.41. The summed E-state index contributed by atoms with van der Waals surface area (Å²) < 4.78 is 18.8. The van der Waals surface area contributed by atoms with Crippen LogP contribution in [0, 0.1) is 5.82 Å². The second kappa shape index (κ2) is 5.11. The third kappa shape index (κ3) is 2.54. The van der Waals surface area contributed by atoms with E-state index in [0.717, 1.165) is 0 Å². The summed E-state index contributed by atoms with van der Waals surface area (Å²) in [6, 6.07) is 4.77. The highest BCUT2D eigenvalue weighted by atomic mass is 32.1. The van der Waals surface area contributed by atoms with Crippen LogP contribution in [0.5, 0.6) is 5.75 Å². The molecule has 1 aromatic carbocycles. The lowest BCUT2D eigenvalue weighted by Crippen LogP contribution is -2.05. The predicted molar refractivity (Wildman–Crippen MR) is 66.5 cm³/mol. The molecular formula is C11H12FN3OS. The van der Waals surface area contributed by atoms with E-state index >= 15 is 0 Å². The predicted octanol–water partition coefficient (Wildman–Crippen LogP) is 2.63. The number of hydrogen-bond donors (Lipinski definition) is 2. The number of aromatic nitrogens is 1. The molecule has 0 amide bonds. The van der Waals surface area contributed by atoms with Crippen molar-refractivity contribution in [3.63, 3.8) is 0 Å². The fraction of sp³-hybridized carbons (Fsp3) is 0.182. The van der Waals surface area contributed by atoms with Gasteiger partial charge in [0.15, 0.2) is 16.7 Å². The summed E-state index contributed by atoms with van der Waals surface area (Å²) in [5, 5.41) is 2.40. The Morgan fingerprint density at radius 2 is 2.35 bits per heavy atom. The van der Waals surface area contributed by atoms with Gasteiger partial charge in [0.2, 0.25) is 0 Å². The molecule has 0 spiro atoms. The Bertz CT molecular complexity index is 515.